The third kappa shape index (κ3) is 5.18. The molecular formula is C20H20F3N3O3. The topological polar surface area (TPSA) is 70.7 Å². The summed E-state index contributed by atoms with van der Waals surface area (Å²) in [4.78, 5) is 25.9. The van der Waals surface area contributed by atoms with Crippen LogP contribution in [0.2, 0.25) is 0 Å². The van der Waals surface area contributed by atoms with Crippen molar-refractivity contribution in [3.05, 3.63) is 54.1 Å². The molecule has 154 valence electrons. The lowest BCUT2D eigenvalue weighted by Crippen LogP contribution is -2.34. The van der Waals surface area contributed by atoms with Gasteiger partial charge in [0.25, 0.3) is 0 Å². The van der Waals surface area contributed by atoms with E-state index >= 15 is 0 Å². The molecule has 0 radical (unpaired) electrons. The molecule has 6 nitrogen and oxygen atoms in total. The fourth-order valence-corrected chi connectivity index (χ4v) is 3.08. The highest BCUT2D eigenvalue weighted by atomic mass is 19.4. The summed E-state index contributed by atoms with van der Waals surface area (Å²) in [5.41, 5.74) is 0.219. The highest BCUT2D eigenvalue weighted by molar-refractivity contribution is 5.96. The maximum absolute atomic E-state index is 12.6. The third-order valence-corrected chi connectivity index (χ3v) is 4.61. The van der Waals surface area contributed by atoms with E-state index in [2.05, 4.69) is 10.6 Å². The second-order valence-electron chi connectivity index (χ2n) is 6.68. The van der Waals surface area contributed by atoms with Gasteiger partial charge in [-0.2, -0.15) is 13.2 Å². The number of nitrogens with zero attached hydrogens (tertiary/aromatic N) is 1. The summed E-state index contributed by atoms with van der Waals surface area (Å²) in [5.74, 6) is 0.589. The predicted octanol–water partition coefficient (Wildman–Crippen LogP) is 3.89. The molecule has 0 aromatic heterocycles. The van der Waals surface area contributed by atoms with Gasteiger partial charge in [0, 0.05) is 36.8 Å². The SMILES string of the molecule is COc1ccc(N2CC(CNC(=O)Nc3ccc(C(F)(F)F)cc3)CC2=O)cc1. The Morgan fingerprint density at radius 2 is 1.79 bits per heavy atom. The minimum Gasteiger partial charge on any atom is -0.497 e. The molecule has 3 amide bonds. The molecule has 0 aliphatic carbocycles. The van der Waals surface area contributed by atoms with Crippen LogP contribution >= 0.6 is 0 Å². The Kier molecular flexibility index (Phi) is 5.95. The molecule has 1 unspecified atom stereocenters. The van der Waals surface area contributed by atoms with E-state index < -0.39 is 17.8 Å². The van der Waals surface area contributed by atoms with Gasteiger partial charge in [0.05, 0.1) is 12.7 Å². The average molecular weight is 407 g/mol. The molecule has 1 fully saturated rings. The molecule has 29 heavy (non-hydrogen) atoms. The van der Waals surface area contributed by atoms with Crippen molar-refractivity contribution in [2.24, 2.45) is 5.92 Å². The van der Waals surface area contributed by atoms with Crippen LogP contribution in [-0.4, -0.2) is 32.1 Å². The minimum absolute atomic E-state index is 0.0369. The lowest BCUT2D eigenvalue weighted by molar-refractivity contribution is -0.137. The van der Waals surface area contributed by atoms with E-state index in [4.69, 9.17) is 4.74 Å². The Morgan fingerprint density at radius 1 is 1.14 bits per heavy atom. The van der Waals surface area contributed by atoms with Crippen molar-refractivity contribution >= 4 is 23.3 Å². The molecule has 2 aromatic rings. The molecule has 2 N–H and O–H groups in total. The summed E-state index contributed by atoms with van der Waals surface area (Å²) in [6.07, 6.45) is -4.13. The molecule has 1 aliphatic rings. The van der Waals surface area contributed by atoms with Gasteiger partial charge in [-0.3, -0.25) is 4.79 Å². The Balaban J connectivity index is 1.49. The van der Waals surface area contributed by atoms with Crippen LogP contribution in [0.25, 0.3) is 0 Å². The number of nitrogens with one attached hydrogen (secondary N) is 2. The van der Waals surface area contributed by atoms with Crippen molar-refractivity contribution < 1.29 is 27.5 Å². The van der Waals surface area contributed by atoms with Crippen molar-refractivity contribution in [2.75, 3.05) is 30.4 Å². The number of hydrogen-bond donors (Lipinski definition) is 2. The highest BCUT2D eigenvalue weighted by Crippen LogP contribution is 2.30. The van der Waals surface area contributed by atoms with Crippen LogP contribution < -0.4 is 20.3 Å². The highest BCUT2D eigenvalue weighted by Gasteiger charge is 2.31. The summed E-state index contributed by atoms with van der Waals surface area (Å²) in [7, 11) is 1.56. The number of benzene rings is 2. The van der Waals surface area contributed by atoms with E-state index in [0.29, 0.717) is 18.7 Å². The molecule has 0 saturated carbocycles. The van der Waals surface area contributed by atoms with Crippen LogP contribution in [0.3, 0.4) is 0 Å². The van der Waals surface area contributed by atoms with E-state index in [0.717, 1.165) is 17.8 Å². The monoisotopic (exact) mass is 407 g/mol. The number of urea groups is 1. The molecule has 1 aliphatic heterocycles. The number of anilines is 2. The molecule has 1 saturated heterocycles. The Morgan fingerprint density at radius 3 is 2.38 bits per heavy atom. The van der Waals surface area contributed by atoms with Gasteiger partial charge in [0.2, 0.25) is 5.91 Å². The molecule has 9 heteroatoms. The van der Waals surface area contributed by atoms with Crippen LogP contribution in [0.5, 0.6) is 5.75 Å². The van der Waals surface area contributed by atoms with Crippen LogP contribution in [0, 0.1) is 5.92 Å². The maximum atomic E-state index is 12.6. The zero-order valence-electron chi connectivity index (χ0n) is 15.6. The standard InChI is InChI=1S/C20H20F3N3O3/c1-29-17-8-6-16(7-9-17)26-12-13(10-18(26)27)11-24-19(28)25-15-4-2-14(3-5-15)20(21,22)23/h2-9,13H,10-12H2,1H3,(H2,24,25,28). The van der Waals surface area contributed by atoms with Gasteiger partial charge in [-0.1, -0.05) is 0 Å². The van der Waals surface area contributed by atoms with Gasteiger partial charge < -0.3 is 20.3 Å². The first-order valence-electron chi connectivity index (χ1n) is 8.93. The van der Waals surface area contributed by atoms with Crippen molar-refractivity contribution in [2.45, 2.75) is 12.6 Å². The van der Waals surface area contributed by atoms with Crippen LogP contribution in [0.4, 0.5) is 29.3 Å². The normalized spacial score (nSPS) is 16.6. The van der Waals surface area contributed by atoms with Crippen LogP contribution in [0.15, 0.2) is 48.5 Å². The van der Waals surface area contributed by atoms with E-state index in [-0.39, 0.29) is 24.1 Å². The number of alkyl halides is 3. The van der Waals surface area contributed by atoms with Gasteiger partial charge >= 0.3 is 12.2 Å². The predicted molar refractivity (Wildman–Crippen MR) is 102 cm³/mol. The Bertz CT molecular complexity index is 867. The molecule has 1 atom stereocenters. The lowest BCUT2D eigenvalue weighted by Gasteiger charge is -2.17. The van der Waals surface area contributed by atoms with Gasteiger partial charge in [0.15, 0.2) is 0 Å². The van der Waals surface area contributed by atoms with E-state index in [9.17, 15) is 22.8 Å². The fraction of sp³-hybridized carbons (Fsp3) is 0.300. The number of amides is 3. The largest absolute Gasteiger partial charge is 0.497 e. The zero-order chi connectivity index (χ0) is 21.0. The zero-order valence-corrected chi connectivity index (χ0v) is 15.6. The Labute approximate surface area is 165 Å². The molecule has 3 rings (SSSR count). The summed E-state index contributed by atoms with van der Waals surface area (Å²) in [5, 5.41) is 5.14. The first-order valence-corrected chi connectivity index (χ1v) is 8.93. The molecule has 0 spiro atoms. The van der Waals surface area contributed by atoms with Crippen molar-refractivity contribution in [1.82, 2.24) is 5.32 Å². The van der Waals surface area contributed by atoms with Crippen molar-refractivity contribution in [3.63, 3.8) is 0 Å². The van der Waals surface area contributed by atoms with Gasteiger partial charge in [-0.25, -0.2) is 4.79 Å². The number of carbonyl (C=O) groups excluding carboxylic acids is 2. The van der Waals surface area contributed by atoms with Crippen molar-refractivity contribution in [3.8, 4) is 5.75 Å². The number of halogens is 3. The Hall–Kier alpha value is -3.23. The van der Waals surface area contributed by atoms with E-state index in [1.54, 1.807) is 36.3 Å². The second-order valence-corrected chi connectivity index (χ2v) is 6.68. The van der Waals surface area contributed by atoms with E-state index in [1.165, 1.54) is 12.1 Å². The summed E-state index contributed by atoms with van der Waals surface area (Å²) in [6.45, 7) is 0.733. The summed E-state index contributed by atoms with van der Waals surface area (Å²) < 4.78 is 42.8. The summed E-state index contributed by atoms with van der Waals surface area (Å²) in [6, 6.07) is 10.8. The number of rotatable bonds is 5. The number of methoxy groups -OCH3 is 1. The third-order valence-electron chi connectivity index (χ3n) is 4.61. The maximum Gasteiger partial charge on any atom is 0.416 e. The van der Waals surface area contributed by atoms with Gasteiger partial charge in [-0.15, -0.1) is 0 Å². The van der Waals surface area contributed by atoms with E-state index in [1.807, 2.05) is 0 Å². The quantitative estimate of drug-likeness (QED) is 0.790. The first kappa shape index (κ1) is 20.5. The molecule has 1 heterocycles. The number of hydrogen-bond acceptors (Lipinski definition) is 3. The van der Waals surface area contributed by atoms with Gasteiger partial charge in [0.1, 0.15) is 5.75 Å². The van der Waals surface area contributed by atoms with Crippen molar-refractivity contribution in [1.29, 1.82) is 0 Å². The molecule has 0 bridgehead atoms. The average Bonchev–Trinajstić information content (AvgIpc) is 3.07. The van der Waals surface area contributed by atoms with Crippen LogP contribution in [0.1, 0.15) is 12.0 Å². The molecular weight excluding hydrogens is 387 g/mol. The van der Waals surface area contributed by atoms with Crippen LogP contribution in [-0.2, 0) is 11.0 Å². The fourth-order valence-electron chi connectivity index (χ4n) is 3.08. The number of carbonyl (C=O) groups is 2. The minimum atomic E-state index is -4.43. The summed E-state index contributed by atoms with van der Waals surface area (Å²) >= 11 is 0. The number of ether oxygens (including phenoxy) is 1. The molecule has 2 aromatic carbocycles. The second kappa shape index (κ2) is 8.42. The van der Waals surface area contributed by atoms with Gasteiger partial charge in [-0.05, 0) is 48.5 Å². The smallest absolute Gasteiger partial charge is 0.416 e. The lowest BCUT2D eigenvalue weighted by atomic mass is 10.1. The first-order chi connectivity index (χ1) is 13.8.